The number of hydrogen-bond donors (Lipinski definition) is 0. The highest BCUT2D eigenvalue weighted by molar-refractivity contribution is 9.11. The van der Waals surface area contributed by atoms with E-state index in [4.69, 9.17) is 11.6 Å². The predicted octanol–water partition coefficient (Wildman–Crippen LogP) is 4.94. The summed E-state index contributed by atoms with van der Waals surface area (Å²) in [5.74, 6) is 0. The highest BCUT2D eigenvalue weighted by Gasteiger charge is 2.25. The van der Waals surface area contributed by atoms with Crippen LogP contribution in [0.2, 0.25) is 5.02 Å². The van der Waals surface area contributed by atoms with E-state index in [-0.39, 0.29) is 5.56 Å². The molecule has 4 aromatic rings. The quantitative estimate of drug-likeness (QED) is 0.319. The summed E-state index contributed by atoms with van der Waals surface area (Å²) in [7, 11) is 2.00. The number of hydrogen-bond acceptors (Lipinski definition) is 6. The zero-order valence-electron chi connectivity index (χ0n) is 17.2. The Hall–Kier alpha value is -1.36. The monoisotopic (exact) mass is 582 g/mol. The highest BCUT2D eigenvalue weighted by Crippen LogP contribution is 2.46. The van der Waals surface area contributed by atoms with E-state index in [0.29, 0.717) is 11.6 Å². The topological polar surface area (TPSA) is 29.1 Å². The van der Waals surface area contributed by atoms with Crippen molar-refractivity contribution in [3.8, 4) is 0 Å². The summed E-state index contributed by atoms with van der Waals surface area (Å²) in [6.07, 6.45) is 4.23. The van der Waals surface area contributed by atoms with E-state index in [2.05, 4.69) is 54.5 Å². The molecule has 1 aliphatic rings. The number of thiophene rings is 1. The lowest BCUT2D eigenvalue weighted by Crippen LogP contribution is -2.36. The standard InChI is InChI=1S/C22H18BrClN3OS4/c1-3-27-18(11-17-26(7-9-29-17)12-13-6-8-30-20(13)23)32-19(21(27)28)22-25(2)15-10-14(24)4-5-16(15)31-22/h4-11H,3,12H2,1-2H3/q+1. The van der Waals surface area contributed by atoms with Gasteiger partial charge in [0.15, 0.2) is 12.7 Å². The molecule has 0 amide bonds. The Bertz CT molecular complexity index is 1500. The van der Waals surface area contributed by atoms with Crippen molar-refractivity contribution in [1.29, 1.82) is 0 Å². The van der Waals surface area contributed by atoms with Gasteiger partial charge in [0.2, 0.25) is 0 Å². The molecule has 0 aliphatic carbocycles. The second-order valence-corrected chi connectivity index (χ2v) is 12.8. The third kappa shape index (κ3) is 4.03. The maximum Gasteiger partial charge on any atom is 0.271 e. The summed E-state index contributed by atoms with van der Waals surface area (Å²) in [5.41, 5.74) is 2.35. The van der Waals surface area contributed by atoms with Gasteiger partial charge in [-0.2, -0.15) is 4.57 Å². The van der Waals surface area contributed by atoms with Gasteiger partial charge in [-0.25, -0.2) is 0 Å². The third-order valence-corrected chi connectivity index (χ3v) is 10.6. The molecule has 0 spiro atoms. The van der Waals surface area contributed by atoms with Gasteiger partial charge in [-0.15, -0.1) is 22.7 Å². The SMILES string of the molecule is CCn1c(=Cc2scc[n+]2Cc2ccsc2Br)sc(=C2Sc3ccc(Cl)cc3N2C)c1=O. The molecule has 0 atom stereocenters. The summed E-state index contributed by atoms with van der Waals surface area (Å²) >= 11 is 16.4. The fourth-order valence-electron chi connectivity index (χ4n) is 3.57. The van der Waals surface area contributed by atoms with Gasteiger partial charge in [0.1, 0.15) is 14.2 Å². The number of anilines is 1. The summed E-state index contributed by atoms with van der Waals surface area (Å²) < 4.78 is 6.97. The molecule has 0 saturated heterocycles. The molecule has 0 unspecified atom stereocenters. The van der Waals surface area contributed by atoms with Crippen LogP contribution in [-0.4, -0.2) is 11.6 Å². The van der Waals surface area contributed by atoms with Gasteiger partial charge in [0.25, 0.3) is 10.6 Å². The Balaban J connectivity index is 1.62. The van der Waals surface area contributed by atoms with Crippen molar-refractivity contribution >= 4 is 90.1 Å². The summed E-state index contributed by atoms with van der Waals surface area (Å²) in [6.45, 7) is 3.44. The highest BCUT2D eigenvalue weighted by atomic mass is 79.9. The maximum absolute atomic E-state index is 13.3. The van der Waals surface area contributed by atoms with Crippen LogP contribution in [0.1, 0.15) is 17.5 Å². The molecule has 0 bridgehead atoms. The van der Waals surface area contributed by atoms with Crippen molar-refractivity contribution in [2.24, 2.45) is 0 Å². The Morgan fingerprint density at radius 3 is 2.81 bits per heavy atom. The van der Waals surface area contributed by atoms with E-state index in [9.17, 15) is 4.79 Å². The Morgan fingerprint density at radius 2 is 2.06 bits per heavy atom. The number of thioether (sulfide) groups is 1. The molecule has 32 heavy (non-hydrogen) atoms. The first-order valence-corrected chi connectivity index (χ1v) is 14.4. The van der Waals surface area contributed by atoms with Gasteiger partial charge in [-0.1, -0.05) is 34.7 Å². The molecule has 0 radical (unpaired) electrons. The molecule has 1 aromatic carbocycles. The average Bonchev–Trinajstić information content (AvgIpc) is 3.52. The molecule has 0 saturated carbocycles. The van der Waals surface area contributed by atoms with Crippen LogP contribution >= 0.6 is 73.3 Å². The lowest BCUT2D eigenvalue weighted by atomic mass is 10.3. The van der Waals surface area contributed by atoms with Crippen molar-refractivity contribution in [2.75, 3.05) is 11.9 Å². The Labute approximate surface area is 214 Å². The molecule has 3 aromatic heterocycles. The molecule has 5 rings (SSSR count). The Morgan fingerprint density at radius 1 is 1.22 bits per heavy atom. The van der Waals surface area contributed by atoms with Crippen LogP contribution in [0.3, 0.4) is 0 Å². The number of rotatable bonds is 4. The van der Waals surface area contributed by atoms with Gasteiger partial charge in [0, 0.05) is 29.1 Å². The largest absolute Gasteiger partial charge is 0.337 e. The molecule has 4 nitrogen and oxygen atoms in total. The number of fused-ring (bicyclic) bond motifs is 1. The van der Waals surface area contributed by atoms with E-state index in [1.807, 2.05) is 36.7 Å². The van der Waals surface area contributed by atoms with Gasteiger partial charge in [-0.3, -0.25) is 9.36 Å². The van der Waals surface area contributed by atoms with Gasteiger partial charge in [-0.05, 0) is 52.5 Å². The number of halogens is 2. The molecule has 10 heteroatoms. The second-order valence-electron chi connectivity index (χ2n) is 7.13. The van der Waals surface area contributed by atoms with E-state index in [1.165, 1.54) is 5.56 Å². The van der Waals surface area contributed by atoms with E-state index in [0.717, 1.165) is 40.1 Å². The summed E-state index contributed by atoms with van der Waals surface area (Å²) in [6, 6.07) is 8.00. The lowest BCUT2D eigenvalue weighted by Gasteiger charge is -2.12. The van der Waals surface area contributed by atoms with Crippen LogP contribution in [0.25, 0.3) is 11.1 Å². The first-order chi connectivity index (χ1) is 15.5. The molecule has 4 heterocycles. The maximum atomic E-state index is 13.3. The predicted molar refractivity (Wildman–Crippen MR) is 142 cm³/mol. The average molecular weight is 584 g/mol. The van der Waals surface area contributed by atoms with Crippen molar-refractivity contribution in [1.82, 2.24) is 4.57 Å². The molecule has 1 aliphatic heterocycles. The number of nitrogens with zero attached hydrogens (tertiary/aromatic N) is 3. The molecular formula is C22H18BrClN3OS4+. The fourth-order valence-corrected chi connectivity index (χ4v) is 8.25. The van der Waals surface area contributed by atoms with Crippen LogP contribution in [0.15, 0.2) is 54.7 Å². The Kier molecular flexibility index (Phi) is 6.39. The van der Waals surface area contributed by atoms with E-state index in [1.54, 1.807) is 45.8 Å². The van der Waals surface area contributed by atoms with Crippen LogP contribution < -0.4 is 24.2 Å². The summed E-state index contributed by atoms with van der Waals surface area (Å²) in [5, 5.41) is 6.95. The smallest absolute Gasteiger partial charge is 0.271 e. The normalized spacial score (nSPS) is 15.6. The van der Waals surface area contributed by atoms with Crippen LogP contribution in [0.5, 0.6) is 0 Å². The van der Waals surface area contributed by atoms with E-state index < -0.39 is 0 Å². The molecule has 0 N–H and O–H groups in total. The van der Waals surface area contributed by atoms with Crippen LogP contribution in [0.4, 0.5) is 5.69 Å². The van der Waals surface area contributed by atoms with Crippen LogP contribution in [-0.2, 0) is 13.1 Å². The molecule has 0 fully saturated rings. The number of thiazole rings is 2. The van der Waals surface area contributed by atoms with Gasteiger partial charge in [0.05, 0.1) is 20.9 Å². The number of benzene rings is 1. The minimum absolute atomic E-state index is 0.0562. The minimum Gasteiger partial charge on any atom is -0.337 e. The van der Waals surface area contributed by atoms with Gasteiger partial charge < -0.3 is 4.90 Å². The van der Waals surface area contributed by atoms with E-state index >= 15 is 0 Å². The summed E-state index contributed by atoms with van der Waals surface area (Å²) in [4.78, 5) is 16.5. The van der Waals surface area contributed by atoms with Gasteiger partial charge >= 0.3 is 0 Å². The fraction of sp³-hybridized carbons (Fsp3) is 0.182. The van der Waals surface area contributed by atoms with Crippen molar-refractivity contribution < 1.29 is 4.57 Å². The lowest BCUT2D eigenvalue weighted by molar-refractivity contribution is -0.685. The molecular weight excluding hydrogens is 566 g/mol. The van der Waals surface area contributed by atoms with Crippen molar-refractivity contribution in [3.63, 3.8) is 0 Å². The van der Waals surface area contributed by atoms with Crippen LogP contribution in [0, 0.1) is 0 Å². The first-order valence-electron chi connectivity index (χ1n) is 9.82. The third-order valence-electron chi connectivity index (χ3n) is 5.21. The van der Waals surface area contributed by atoms with Crippen molar-refractivity contribution in [3.05, 3.63) is 80.2 Å². The number of aromatic nitrogens is 2. The second kappa shape index (κ2) is 9.12. The van der Waals surface area contributed by atoms with Crippen molar-refractivity contribution in [2.45, 2.75) is 24.9 Å². The minimum atomic E-state index is 0.0562. The molecule has 164 valence electrons. The zero-order valence-corrected chi connectivity index (χ0v) is 22.8. The zero-order chi connectivity index (χ0) is 22.4. The first kappa shape index (κ1) is 22.4.